The molecule has 0 amide bonds. The van der Waals surface area contributed by atoms with E-state index in [0.29, 0.717) is 5.75 Å². The molecule has 1 N–H and O–H groups in total. The summed E-state index contributed by atoms with van der Waals surface area (Å²) >= 11 is 0. The monoisotopic (exact) mass is 390 g/mol. The van der Waals surface area contributed by atoms with Gasteiger partial charge in [-0.3, -0.25) is 4.79 Å². The number of unbranched alkanes of at least 4 members (excludes halogenated alkanes) is 5. The van der Waals surface area contributed by atoms with Crippen LogP contribution in [0.1, 0.15) is 63.0 Å². The van der Waals surface area contributed by atoms with Crippen LogP contribution in [0.15, 0.2) is 29.8 Å². The van der Waals surface area contributed by atoms with Crippen LogP contribution in [0.3, 0.4) is 0 Å². The molecule has 0 saturated heterocycles. The molecule has 0 aliphatic carbocycles. The van der Waals surface area contributed by atoms with Crippen molar-refractivity contribution in [2.75, 3.05) is 6.61 Å². The highest BCUT2D eigenvalue weighted by atomic mass is 16.5. The number of benzene rings is 1. The molecular weight excluding hydrogens is 360 g/mol. The van der Waals surface area contributed by atoms with Gasteiger partial charge >= 0.3 is 17.9 Å². The van der Waals surface area contributed by atoms with Gasteiger partial charge in [-0.1, -0.05) is 51.2 Å². The average Bonchev–Trinajstić information content (AvgIpc) is 2.64. The third kappa shape index (κ3) is 8.84. The molecule has 0 saturated carbocycles. The van der Waals surface area contributed by atoms with Crippen molar-refractivity contribution in [3.8, 4) is 5.75 Å². The Hall–Kier alpha value is -2.63. The van der Waals surface area contributed by atoms with Crippen LogP contribution >= 0.6 is 0 Å². The van der Waals surface area contributed by atoms with E-state index in [9.17, 15) is 19.5 Å². The Bertz CT molecular complexity index is 705. The summed E-state index contributed by atoms with van der Waals surface area (Å²) in [6.07, 6.45) is 6.70. The van der Waals surface area contributed by atoms with Gasteiger partial charge in [0, 0.05) is 6.08 Å². The van der Waals surface area contributed by atoms with Gasteiger partial charge in [-0.2, -0.15) is 0 Å². The number of aliphatic carboxylic acids is 1. The highest BCUT2D eigenvalue weighted by Crippen LogP contribution is 2.21. The zero-order chi connectivity index (χ0) is 20.9. The van der Waals surface area contributed by atoms with Gasteiger partial charge in [0.05, 0.1) is 18.6 Å². The molecular formula is C22H30O6. The molecule has 1 aromatic carbocycles. The van der Waals surface area contributed by atoms with Gasteiger partial charge in [-0.25, -0.2) is 9.59 Å². The largest absolute Gasteiger partial charge is 0.478 e. The summed E-state index contributed by atoms with van der Waals surface area (Å²) in [5.74, 6) is -2.50. The number of esters is 2. The number of rotatable bonds is 12. The quantitative estimate of drug-likeness (QED) is 0.244. The highest BCUT2D eigenvalue weighted by Gasteiger charge is 2.17. The normalized spacial score (nSPS) is 11.2. The van der Waals surface area contributed by atoms with E-state index in [4.69, 9.17) is 9.47 Å². The summed E-state index contributed by atoms with van der Waals surface area (Å²) in [7, 11) is 0. The van der Waals surface area contributed by atoms with Gasteiger partial charge in [-0.15, -0.1) is 0 Å². The lowest BCUT2D eigenvalue weighted by atomic mass is 10.1. The van der Waals surface area contributed by atoms with Crippen molar-refractivity contribution in [2.45, 2.75) is 65.7 Å². The number of ether oxygens (including phenoxy) is 2. The van der Waals surface area contributed by atoms with Crippen molar-refractivity contribution in [1.29, 1.82) is 0 Å². The third-order valence-corrected chi connectivity index (χ3v) is 4.43. The zero-order valence-corrected chi connectivity index (χ0v) is 17.0. The fourth-order valence-corrected chi connectivity index (χ4v) is 2.58. The van der Waals surface area contributed by atoms with Crippen molar-refractivity contribution in [3.63, 3.8) is 0 Å². The minimum Gasteiger partial charge on any atom is -0.478 e. The first kappa shape index (κ1) is 23.4. The number of carbonyl (C=O) groups excluding carboxylic acids is 2. The molecule has 28 heavy (non-hydrogen) atoms. The number of carboxylic acid groups (broad SMARTS) is 1. The van der Waals surface area contributed by atoms with Crippen molar-refractivity contribution in [3.05, 3.63) is 41.0 Å². The molecule has 0 fully saturated rings. The predicted octanol–water partition coefficient (Wildman–Crippen LogP) is 4.51. The topological polar surface area (TPSA) is 89.9 Å². The van der Waals surface area contributed by atoms with Crippen molar-refractivity contribution < 1.29 is 29.0 Å². The molecule has 0 unspecified atom stereocenters. The predicted molar refractivity (Wildman–Crippen MR) is 106 cm³/mol. The lowest BCUT2D eigenvalue weighted by molar-refractivity contribution is -0.145. The van der Waals surface area contributed by atoms with E-state index >= 15 is 0 Å². The second-order valence-corrected chi connectivity index (χ2v) is 6.76. The summed E-state index contributed by atoms with van der Waals surface area (Å²) in [5.41, 5.74) is 1.38. The smallest absolute Gasteiger partial charge is 0.336 e. The second kappa shape index (κ2) is 12.7. The van der Waals surface area contributed by atoms with Crippen LogP contribution in [0, 0.1) is 13.8 Å². The van der Waals surface area contributed by atoms with E-state index in [2.05, 4.69) is 6.92 Å². The summed E-state index contributed by atoms with van der Waals surface area (Å²) in [4.78, 5) is 35.2. The molecule has 154 valence electrons. The first-order chi connectivity index (χ1) is 13.3. The number of hydrogen-bond donors (Lipinski definition) is 1. The molecule has 0 spiro atoms. The fraction of sp³-hybridized carbons (Fsp3) is 0.500. The average molecular weight is 390 g/mol. The highest BCUT2D eigenvalue weighted by molar-refractivity contribution is 5.99. The minimum atomic E-state index is -1.35. The van der Waals surface area contributed by atoms with Crippen LogP contribution in [0.25, 0.3) is 0 Å². The first-order valence-corrected chi connectivity index (χ1v) is 9.72. The fourth-order valence-electron chi connectivity index (χ4n) is 2.58. The van der Waals surface area contributed by atoms with E-state index in [1.807, 2.05) is 13.0 Å². The maximum atomic E-state index is 12.0. The van der Waals surface area contributed by atoms with Gasteiger partial charge < -0.3 is 14.6 Å². The Morgan fingerprint density at radius 2 is 1.71 bits per heavy atom. The molecule has 0 aliphatic heterocycles. The van der Waals surface area contributed by atoms with Crippen LogP contribution in [-0.4, -0.2) is 29.6 Å². The molecule has 0 radical (unpaired) electrons. The van der Waals surface area contributed by atoms with E-state index in [0.717, 1.165) is 36.5 Å². The van der Waals surface area contributed by atoms with Gasteiger partial charge in [0.1, 0.15) is 5.75 Å². The van der Waals surface area contributed by atoms with E-state index in [1.54, 1.807) is 19.1 Å². The van der Waals surface area contributed by atoms with Crippen molar-refractivity contribution >= 4 is 17.9 Å². The molecule has 6 heteroatoms. The maximum Gasteiger partial charge on any atom is 0.336 e. The Kier molecular flexibility index (Phi) is 10.6. The zero-order valence-electron chi connectivity index (χ0n) is 17.0. The summed E-state index contributed by atoms with van der Waals surface area (Å²) < 4.78 is 10.3. The molecule has 0 bridgehead atoms. The van der Waals surface area contributed by atoms with Crippen LogP contribution in [0.5, 0.6) is 5.75 Å². The number of carboxylic acids is 1. The van der Waals surface area contributed by atoms with Crippen molar-refractivity contribution in [1.82, 2.24) is 0 Å². The van der Waals surface area contributed by atoms with Crippen LogP contribution in [0.4, 0.5) is 0 Å². The number of aryl methyl sites for hydroxylation is 1. The van der Waals surface area contributed by atoms with Gasteiger partial charge in [0.25, 0.3) is 0 Å². The van der Waals surface area contributed by atoms with E-state index in [1.165, 1.54) is 19.3 Å². The number of carbonyl (C=O) groups is 3. The molecule has 1 aromatic rings. The van der Waals surface area contributed by atoms with E-state index in [-0.39, 0.29) is 12.2 Å². The molecule has 0 aliphatic rings. The van der Waals surface area contributed by atoms with Crippen LogP contribution in [0.2, 0.25) is 0 Å². The van der Waals surface area contributed by atoms with E-state index < -0.39 is 24.3 Å². The minimum absolute atomic E-state index is 0.255. The Morgan fingerprint density at radius 3 is 2.39 bits per heavy atom. The summed E-state index contributed by atoms with van der Waals surface area (Å²) in [6.45, 7) is 6.09. The summed E-state index contributed by atoms with van der Waals surface area (Å²) in [6, 6.07) is 5.25. The Balaban J connectivity index is 2.52. The lowest BCUT2D eigenvalue weighted by Gasteiger charge is -2.08. The Labute approximate surface area is 166 Å². The van der Waals surface area contributed by atoms with Crippen LogP contribution in [-0.2, 0) is 19.1 Å². The SMILES string of the molecule is CCCCCCCCOC(=O)CC(=CC(=O)Oc1cccc(C)c1C)C(=O)O. The number of hydrogen-bond acceptors (Lipinski definition) is 5. The standard InChI is InChI=1S/C22H30O6/c1-4-5-6-7-8-9-13-27-20(23)14-18(22(25)26)15-21(24)28-19-12-10-11-16(2)17(19)3/h10-12,15H,4-9,13-14H2,1-3H3,(H,25,26). The van der Waals surface area contributed by atoms with Gasteiger partial charge in [-0.05, 0) is 37.5 Å². The molecule has 0 atom stereocenters. The maximum absolute atomic E-state index is 12.0. The van der Waals surface area contributed by atoms with Gasteiger partial charge in [0.15, 0.2) is 0 Å². The first-order valence-electron chi connectivity index (χ1n) is 9.72. The lowest BCUT2D eigenvalue weighted by Crippen LogP contribution is -2.14. The molecule has 0 heterocycles. The molecule has 0 aromatic heterocycles. The van der Waals surface area contributed by atoms with Crippen molar-refractivity contribution in [2.24, 2.45) is 0 Å². The Morgan fingerprint density at radius 1 is 1.04 bits per heavy atom. The molecule has 6 nitrogen and oxygen atoms in total. The van der Waals surface area contributed by atoms with Crippen LogP contribution < -0.4 is 4.74 Å². The second-order valence-electron chi connectivity index (χ2n) is 6.76. The summed E-state index contributed by atoms with van der Waals surface area (Å²) in [5, 5.41) is 9.24. The molecule has 1 rings (SSSR count). The van der Waals surface area contributed by atoms with Gasteiger partial charge in [0.2, 0.25) is 0 Å². The third-order valence-electron chi connectivity index (χ3n) is 4.43.